The summed E-state index contributed by atoms with van der Waals surface area (Å²) in [5.74, 6) is 0.247. The first-order chi connectivity index (χ1) is 13.0. The summed E-state index contributed by atoms with van der Waals surface area (Å²) in [7, 11) is -3.67. The molecule has 0 aliphatic carbocycles. The van der Waals surface area contributed by atoms with Crippen LogP contribution in [0.25, 0.3) is 0 Å². The number of aromatic nitrogens is 1. The highest BCUT2D eigenvalue weighted by molar-refractivity contribution is 7.93. The van der Waals surface area contributed by atoms with Crippen LogP contribution < -0.4 is 10.0 Å². The van der Waals surface area contributed by atoms with E-state index in [1.807, 2.05) is 18.2 Å². The van der Waals surface area contributed by atoms with E-state index in [1.54, 1.807) is 23.6 Å². The number of rotatable bonds is 8. The van der Waals surface area contributed by atoms with E-state index in [1.165, 1.54) is 29.7 Å². The van der Waals surface area contributed by atoms with Gasteiger partial charge in [0.05, 0.1) is 4.90 Å². The highest BCUT2D eigenvalue weighted by Gasteiger charge is 2.15. The van der Waals surface area contributed by atoms with Crippen molar-refractivity contribution in [2.75, 3.05) is 10.0 Å². The Morgan fingerprint density at radius 3 is 2.56 bits per heavy atom. The highest BCUT2D eigenvalue weighted by atomic mass is 32.2. The number of anilines is 2. The number of thiazole rings is 1. The second-order valence-electron chi connectivity index (χ2n) is 5.74. The zero-order valence-electron chi connectivity index (χ0n) is 14.4. The minimum atomic E-state index is -3.67. The molecule has 3 rings (SSSR count). The van der Waals surface area contributed by atoms with Gasteiger partial charge >= 0.3 is 0 Å². The number of nitrogens with zero attached hydrogens (tertiary/aromatic N) is 1. The molecule has 3 N–H and O–H groups in total. The van der Waals surface area contributed by atoms with Gasteiger partial charge in [-0.2, -0.15) is 0 Å². The van der Waals surface area contributed by atoms with Crippen molar-refractivity contribution in [3.63, 3.8) is 0 Å². The Morgan fingerprint density at radius 1 is 1.15 bits per heavy atom. The maximum Gasteiger partial charge on any atom is 0.263 e. The molecule has 0 aliphatic heterocycles. The van der Waals surface area contributed by atoms with Crippen LogP contribution in [0.1, 0.15) is 11.1 Å². The Balaban J connectivity index is 1.68. The average molecular weight is 402 g/mol. The molecule has 1 aromatic heterocycles. The number of phenolic OH excluding ortho intramolecular Hbond substituents is 1. The summed E-state index contributed by atoms with van der Waals surface area (Å²) in [5, 5.41) is 15.5. The number of nitrogens with one attached hydrogen (secondary N) is 2. The van der Waals surface area contributed by atoms with Crippen molar-refractivity contribution in [2.45, 2.75) is 17.9 Å². The third kappa shape index (κ3) is 4.66. The Kier molecular flexibility index (Phi) is 5.78. The third-order valence-electron chi connectivity index (χ3n) is 3.87. The molecule has 3 aromatic rings. The largest absolute Gasteiger partial charge is 0.507 e. The minimum absolute atomic E-state index is 0.152. The van der Waals surface area contributed by atoms with E-state index in [2.05, 4.69) is 21.6 Å². The van der Waals surface area contributed by atoms with Crippen molar-refractivity contribution in [3.8, 4) is 5.75 Å². The Bertz CT molecular complexity index is 1010. The quantitative estimate of drug-likeness (QED) is 0.497. The number of hydrogen-bond acceptors (Lipinski definition) is 6. The van der Waals surface area contributed by atoms with Gasteiger partial charge in [-0.1, -0.05) is 24.3 Å². The standard InChI is InChI=1S/C19H19N3O3S2/c1-2-4-14-5-3-6-15(18(14)23)13-21-16-7-9-17(10-8-16)27(24,25)22-19-20-11-12-26-19/h2-3,5-12,21,23H,1,4,13H2,(H,20,22). The molecule has 0 unspecified atom stereocenters. The molecule has 0 saturated carbocycles. The molecule has 2 aromatic carbocycles. The zero-order valence-corrected chi connectivity index (χ0v) is 16.1. The summed E-state index contributed by atoms with van der Waals surface area (Å²) in [4.78, 5) is 4.07. The van der Waals surface area contributed by atoms with Crippen molar-refractivity contribution in [3.05, 3.63) is 77.8 Å². The molecule has 0 atom stereocenters. The van der Waals surface area contributed by atoms with Gasteiger partial charge in [-0.15, -0.1) is 17.9 Å². The van der Waals surface area contributed by atoms with Crippen LogP contribution in [0.3, 0.4) is 0 Å². The molecule has 1 heterocycles. The second-order valence-corrected chi connectivity index (χ2v) is 8.32. The lowest BCUT2D eigenvalue weighted by molar-refractivity contribution is 0.463. The van der Waals surface area contributed by atoms with Crippen LogP contribution in [-0.2, 0) is 23.0 Å². The molecule has 0 amide bonds. The van der Waals surface area contributed by atoms with Gasteiger partial charge in [0, 0.05) is 29.4 Å². The van der Waals surface area contributed by atoms with Gasteiger partial charge in [0.25, 0.3) is 10.0 Å². The first-order valence-corrected chi connectivity index (χ1v) is 10.5. The van der Waals surface area contributed by atoms with Crippen molar-refractivity contribution in [1.82, 2.24) is 4.98 Å². The first-order valence-electron chi connectivity index (χ1n) is 8.16. The zero-order chi connectivity index (χ0) is 19.3. The topological polar surface area (TPSA) is 91.3 Å². The second kappa shape index (κ2) is 8.24. The predicted molar refractivity (Wildman–Crippen MR) is 109 cm³/mol. The average Bonchev–Trinajstić information content (AvgIpc) is 3.15. The van der Waals surface area contributed by atoms with Crippen LogP contribution in [0.5, 0.6) is 5.75 Å². The molecule has 8 heteroatoms. The van der Waals surface area contributed by atoms with E-state index in [4.69, 9.17) is 0 Å². The Hall–Kier alpha value is -2.84. The Morgan fingerprint density at radius 2 is 1.89 bits per heavy atom. The fraction of sp³-hybridized carbons (Fsp3) is 0.105. The lowest BCUT2D eigenvalue weighted by Crippen LogP contribution is -2.12. The van der Waals surface area contributed by atoms with Crippen molar-refractivity contribution in [2.24, 2.45) is 0 Å². The molecule has 0 radical (unpaired) electrons. The van der Waals surface area contributed by atoms with Crippen molar-refractivity contribution in [1.29, 1.82) is 0 Å². The molecule has 0 saturated heterocycles. The molecule has 6 nitrogen and oxygen atoms in total. The van der Waals surface area contributed by atoms with Crippen LogP contribution >= 0.6 is 11.3 Å². The van der Waals surface area contributed by atoms with Crippen molar-refractivity contribution < 1.29 is 13.5 Å². The van der Waals surface area contributed by atoms with Gasteiger partial charge in [0.1, 0.15) is 5.75 Å². The SMILES string of the molecule is C=CCc1cccc(CNc2ccc(S(=O)(=O)Nc3nccs3)cc2)c1O. The number of sulfonamides is 1. The number of para-hydroxylation sites is 1. The molecule has 0 spiro atoms. The summed E-state index contributed by atoms with van der Waals surface area (Å²) in [6, 6.07) is 12.0. The van der Waals surface area contributed by atoms with E-state index >= 15 is 0 Å². The van der Waals surface area contributed by atoms with Crippen LogP contribution in [0.2, 0.25) is 0 Å². The number of benzene rings is 2. The summed E-state index contributed by atoms with van der Waals surface area (Å²) in [5.41, 5.74) is 2.33. The van der Waals surface area contributed by atoms with Gasteiger partial charge in [-0.25, -0.2) is 13.4 Å². The molecule has 0 aliphatic rings. The van der Waals surface area contributed by atoms with Crippen LogP contribution in [0.15, 0.2) is 71.6 Å². The molecule has 0 fully saturated rings. The number of allylic oxidation sites excluding steroid dienone is 1. The maximum absolute atomic E-state index is 12.3. The summed E-state index contributed by atoms with van der Waals surface area (Å²) in [6.07, 6.45) is 3.87. The van der Waals surface area contributed by atoms with Crippen molar-refractivity contribution >= 4 is 32.2 Å². The number of phenols is 1. The molecule has 27 heavy (non-hydrogen) atoms. The highest BCUT2D eigenvalue weighted by Crippen LogP contribution is 2.25. The van der Waals surface area contributed by atoms with Crippen LogP contribution in [0, 0.1) is 0 Å². The third-order valence-corrected chi connectivity index (χ3v) is 6.04. The molecule has 140 valence electrons. The van der Waals surface area contributed by atoms with Gasteiger partial charge < -0.3 is 10.4 Å². The normalized spacial score (nSPS) is 11.1. The lowest BCUT2D eigenvalue weighted by atomic mass is 10.1. The van der Waals surface area contributed by atoms with Gasteiger partial charge in [0.2, 0.25) is 0 Å². The number of aromatic hydroxyl groups is 1. The van der Waals surface area contributed by atoms with Crippen LogP contribution in [0.4, 0.5) is 10.8 Å². The van der Waals surface area contributed by atoms with E-state index in [-0.39, 0.29) is 10.6 Å². The summed E-state index contributed by atoms with van der Waals surface area (Å²) >= 11 is 1.22. The fourth-order valence-electron chi connectivity index (χ4n) is 2.50. The Labute approximate surface area is 162 Å². The van der Waals surface area contributed by atoms with E-state index in [0.29, 0.717) is 18.1 Å². The van der Waals surface area contributed by atoms with E-state index < -0.39 is 10.0 Å². The van der Waals surface area contributed by atoms with Gasteiger partial charge in [0.15, 0.2) is 5.13 Å². The maximum atomic E-state index is 12.3. The van der Waals surface area contributed by atoms with E-state index in [0.717, 1.165) is 16.8 Å². The summed E-state index contributed by atoms with van der Waals surface area (Å²) < 4.78 is 27.1. The lowest BCUT2D eigenvalue weighted by Gasteiger charge is -2.11. The molecule has 0 bridgehead atoms. The summed E-state index contributed by atoms with van der Waals surface area (Å²) in [6.45, 7) is 4.10. The van der Waals surface area contributed by atoms with Gasteiger partial charge in [-0.3, -0.25) is 4.72 Å². The van der Waals surface area contributed by atoms with Crippen LogP contribution in [-0.4, -0.2) is 18.5 Å². The monoisotopic (exact) mass is 401 g/mol. The first kappa shape index (κ1) is 18.9. The predicted octanol–water partition coefficient (Wildman–Crippen LogP) is 3.99. The molecular formula is C19H19N3O3S2. The molecular weight excluding hydrogens is 382 g/mol. The smallest absolute Gasteiger partial charge is 0.263 e. The fourth-order valence-corrected chi connectivity index (χ4v) is 4.29. The minimum Gasteiger partial charge on any atom is -0.507 e. The van der Waals surface area contributed by atoms with E-state index in [9.17, 15) is 13.5 Å². The van der Waals surface area contributed by atoms with Gasteiger partial charge in [-0.05, 0) is 36.2 Å². The number of hydrogen-bond donors (Lipinski definition) is 3.